The molecular weight excluding hydrogens is 258 g/mol. The van der Waals surface area contributed by atoms with E-state index in [4.69, 9.17) is 21.4 Å². The molecule has 5 nitrogen and oxygen atoms in total. The maximum atomic E-state index is 11.6. The average Bonchev–Trinajstić information content (AvgIpc) is 2.31. The quantitative estimate of drug-likeness (QED) is 0.849. The Hall–Kier alpha value is -1.59. The van der Waals surface area contributed by atoms with E-state index in [1.165, 1.54) is 4.90 Å². The fourth-order valence-electron chi connectivity index (χ4n) is 1.29. The van der Waals surface area contributed by atoms with E-state index in [1.807, 2.05) is 12.1 Å². The van der Waals surface area contributed by atoms with Crippen LogP contribution in [0.2, 0.25) is 5.02 Å². The molecule has 0 aliphatic carbocycles. The topological polar surface area (TPSA) is 66.8 Å². The van der Waals surface area contributed by atoms with Gasteiger partial charge in [0.25, 0.3) is 0 Å². The van der Waals surface area contributed by atoms with Gasteiger partial charge in [-0.25, -0.2) is 4.79 Å². The van der Waals surface area contributed by atoms with E-state index in [0.29, 0.717) is 11.6 Å². The van der Waals surface area contributed by atoms with Crippen molar-refractivity contribution < 1.29 is 19.4 Å². The first-order chi connectivity index (χ1) is 8.49. The Morgan fingerprint density at radius 1 is 1.28 bits per heavy atom. The van der Waals surface area contributed by atoms with Gasteiger partial charge in [0.2, 0.25) is 5.91 Å². The summed E-state index contributed by atoms with van der Waals surface area (Å²) in [6, 6.07) is 7.14. The Morgan fingerprint density at radius 3 is 2.44 bits per heavy atom. The fourth-order valence-corrected chi connectivity index (χ4v) is 1.41. The fraction of sp³-hybridized carbons (Fsp3) is 0.333. The number of aliphatic carboxylic acids is 1. The first kappa shape index (κ1) is 14.5. The van der Waals surface area contributed by atoms with Gasteiger partial charge in [0, 0.05) is 18.6 Å². The molecule has 0 unspecified atom stereocenters. The molecule has 1 amide bonds. The summed E-state index contributed by atoms with van der Waals surface area (Å²) in [6.07, 6.45) is 0. The van der Waals surface area contributed by atoms with Crippen LogP contribution in [0.15, 0.2) is 24.3 Å². The van der Waals surface area contributed by atoms with E-state index in [0.717, 1.165) is 5.56 Å². The van der Waals surface area contributed by atoms with Gasteiger partial charge in [0.1, 0.15) is 13.2 Å². The monoisotopic (exact) mass is 271 g/mol. The summed E-state index contributed by atoms with van der Waals surface area (Å²) >= 11 is 5.75. The summed E-state index contributed by atoms with van der Waals surface area (Å²) < 4.78 is 4.72. The number of nitrogens with zero attached hydrogens (tertiary/aromatic N) is 1. The minimum atomic E-state index is -1.09. The lowest BCUT2D eigenvalue weighted by molar-refractivity contribution is -0.145. The highest BCUT2D eigenvalue weighted by Gasteiger charge is 2.10. The summed E-state index contributed by atoms with van der Waals surface area (Å²) in [6.45, 7) is -0.288. The predicted octanol–water partition coefficient (Wildman–Crippen LogP) is 1.40. The molecule has 0 radical (unpaired) electrons. The number of hydrogen-bond acceptors (Lipinski definition) is 3. The van der Waals surface area contributed by atoms with Crippen molar-refractivity contribution in [3.63, 3.8) is 0 Å². The third-order valence-electron chi connectivity index (χ3n) is 2.21. The number of carboxylic acids is 1. The molecule has 6 heteroatoms. The zero-order chi connectivity index (χ0) is 13.5. The molecule has 18 heavy (non-hydrogen) atoms. The number of likely N-dealkylation sites (N-methyl/N-ethyl adjacent to an activating group) is 1. The Morgan fingerprint density at radius 2 is 1.89 bits per heavy atom. The number of carbonyl (C=O) groups excluding carboxylic acids is 1. The molecule has 0 aromatic heterocycles. The highest BCUT2D eigenvalue weighted by atomic mass is 35.5. The molecule has 0 heterocycles. The third kappa shape index (κ3) is 5.16. The number of carboxylic acid groups (broad SMARTS) is 1. The van der Waals surface area contributed by atoms with Gasteiger partial charge in [-0.1, -0.05) is 23.7 Å². The minimum absolute atomic E-state index is 0.240. The molecule has 1 aromatic rings. The number of amides is 1. The number of hydrogen-bond donors (Lipinski definition) is 1. The van der Waals surface area contributed by atoms with Crippen molar-refractivity contribution in [3.05, 3.63) is 34.9 Å². The normalized spacial score (nSPS) is 10.1. The lowest BCUT2D eigenvalue weighted by Gasteiger charge is -2.17. The first-order valence-electron chi connectivity index (χ1n) is 5.27. The van der Waals surface area contributed by atoms with Crippen molar-refractivity contribution in [2.75, 3.05) is 20.3 Å². The van der Waals surface area contributed by atoms with Crippen LogP contribution in [0.3, 0.4) is 0 Å². The highest BCUT2D eigenvalue weighted by Crippen LogP contribution is 2.10. The molecule has 98 valence electrons. The highest BCUT2D eigenvalue weighted by molar-refractivity contribution is 6.30. The average molecular weight is 272 g/mol. The number of halogens is 1. The molecule has 0 saturated carbocycles. The molecule has 0 saturated heterocycles. The maximum Gasteiger partial charge on any atom is 0.329 e. The Kier molecular flexibility index (Phi) is 5.61. The van der Waals surface area contributed by atoms with Crippen molar-refractivity contribution in [2.45, 2.75) is 6.54 Å². The third-order valence-corrected chi connectivity index (χ3v) is 2.46. The Balaban J connectivity index is 2.39. The van der Waals surface area contributed by atoms with Crippen LogP contribution in [-0.4, -0.2) is 42.1 Å². The van der Waals surface area contributed by atoms with Gasteiger partial charge >= 0.3 is 5.97 Å². The zero-order valence-corrected chi connectivity index (χ0v) is 10.7. The standard InChI is InChI=1S/C12H14ClNO4/c1-14(11(15)7-18-8-12(16)17)6-9-2-4-10(13)5-3-9/h2-5H,6-8H2,1H3,(H,16,17). The molecule has 0 aliphatic heterocycles. The van der Waals surface area contributed by atoms with Crippen LogP contribution >= 0.6 is 11.6 Å². The summed E-state index contributed by atoms with van der Waals surface area (Å²) in [5, 5.41) is 9.00. The van der Waals surface area contributed by atoms with Crippen LogP contribution in [0.1, 0.15) is 5.56 Å². The van der Waals surface area contributed by atoms with Crippen LogP contribution in [0.25, 0.3) is 0 Å². The second-order valence-corrected chi connectivity index (χ2v) is 4.20. The van der Waals surface area contributed by atoms with E-state index in [-0.39, 0.29) is 12.5 Å². The smallest absolute Gasteiger partial charge is 0.329 e. The van der Waals surface area contributed by atoms with E-state index >= 15 is 0 Å². The van der Waals surface area contributed by atoms with Crippen molar-refractivity contribution in [3.8, 4) is 0 Å². The molecule has 0 fully saturated rings. The minimum Gasteiger partial charge on any atom is -0.480 e. The van der Waals surface area contributed by atoms with E-state index < -0.39 is 12.6 Å². The van der Waals surface area contributed by atoms with Gasteiger partial charge in [0.05, 0.1) is 0 Å². The molecule has 0 atom stereocenters. The van der Waals surface area contributed by atoms with E-state index in [1.54, 1.807) is 19.2 Å². The maximum absolute atomic E-state index is 11.6. The largest absolute Gasteiger partial charge is 0.480 e. The van der Waals surface area contributed by atoms with Gasteiger partial charge < -0.3 is 14.7 Å². The first-order valence-corrected chi connectivity index (χ1v) is 5.65. The molecule has 1 N–H and O–H groups in total. The van der Waals surface area contributed by atoms with Gasteiger partial charge in [-0.3, -0.25) is 4.79 Å². The number of ether oxygens (including phenoxy) is 1. The molecule has 0 spiro atoms. The molecule has 1 rings (SSSR count). The second kappa shape index (κ2) is 6.98. The van der Waals surface area contributed by atoms with E-state index in [9.17, 15) is 9.59 Å². The second-order valence-electron chi connectivity index (χ2n) is 3.76. The molecule has 1 aromatic carbocycles. The SMILES string of the molecule is CN(Cc1ccc(Cl)cc1)C(=O)COCC(=O)O. The Labute approximate surface area is 110 Å². The summed E-state index contributed by atoms with van der Waals surface area (Å²) in [4.78, 5) is 23.3. The molecule has 0 aliphatic rings. The Bertz CT molecular complexity index is 419. The summed E-state index contributed by atoms with van der Waals surface area (Å²) in [7, 11) is 1.63. The summed E-state index contributed by atoms with van der Waals surface area (Å²) in [5.74, 6) is -1.37. The number of benzene rings is 1. The van der Waals surface area contributed by atoms with Crippen molar-refractivity contribution >= 4 is 23.5 Å². The van der Waals surface area contributed by atoms with Crippen LogP contribution < -0.4 is 0 Å². The number of rotatable bonds is 6. The van der Waals surface area contributed by atoms with Gasteiger partial charge in [0.15, 0.2) is 0 Å². The van der Waals surface area contributed by atoms with Crippen molar-refractivity contribution in [1.29, 1.82) is 0 Å². The van der Waals surface area contributed by atoms with Gasteiger partial charge in [-0.15, -0.1) is 0 Å². The van der Waals surface area contributed by atoms with Crippen LogP contribution in [0.5, 0.6) is 0 Å². The van der Waals surface area contributed by atoms with E-state index in [2.05, 4.69) is 0 Å². The zero-order valence-electron chi connectivity index (χ0n) is 9.93. The van der Waals surface area contributed by atoms with Crippen LogP contribution in [-0.2, 0) is 20.9 Å². The predicted molar refractivity (Wildman–Crippen MR) is 66.4 cm³/mol. The van der Waals surface area contributed by atoms with Crippen molar-refractivity contribution in [2.24, 2.45) is 0 Å². The summed E-state index contributed by atoms with van der Waals surface area (Å²) in [5.41, 5.74) is 0.938. The number of carbonyl (C=O) groups is 2. The molecular formula is C12H14ClNO4. The lowest BCUT2D eigenvalue weighted by Crippen LogP contribution is -2.30. The van der Waals surface area contributed by atoms with Crippen LogP contribution in [0.4, 0.5) is 0 Å². The van der Waals surface area contributed by atoms with Gasteiger partial charge in [-0.05, 0) is 17.7 Å². The van der Waals surface area contributed by atoms with Crippen molar-refractivity contribution in [1.82, 2.24) is 4.90 Å². The molecule has 0 bridgehead atoms. The van der Waals surface area contributed by atoms with Crippen LogP contribution in [0, 0.1) is 0 Å². The lowest BCUT2D eigenvalue weighted by atomic mass is 10.2. The van der Waals surface area contributed by atoms with Gasteiger partial charge in [-0.2, -0.15) is 0 Å².